The topological polar surface area (TPSA) is 40.5 Å². The summed E-state index contributed by atoms with van der Waals surface area (Å²) in [6, 6.07) is 5.44. The molecule has 3 nitrogen and oxygen atoms in total. The van der Waals surface area contributed by atoms with Crippen LogP contribution in [0.2, 0.25) is 0 Å². The summed E-state index contributed by atoms with van der Waals surface area (Å²) >= 11 is 0. The van der Waals surface area contributed by atoms with Crippen LogP contribution in [-0.2, 0) is 13.1 Å². The minimum atomic E-state index is -0.842. The van der Waals surface area contributed by atoms with Gasteiger partial charge < -0.3 is 5.11 Å². The smallest absolute Gasteiger partial charge is 0.335 e. The first-order valence-electron chi connectivity index (χ1n) is 5.63. The number of benzene rings is 1. The quantitative estimate of drug-likeness (QED) is 0.848. The van der Waals surface area contributed by atoms with E-state index in [9.17, 15) is 4.79 Å². The summed E-state index contributed by atoms with van der Waals surface area (Å²) in [5.74, 6) is -0.196. The van der Waals surface area contributed by atoms with Crippen LogP contribution in [0.15, 0.2) is 18.2 Å². The minimum absolute atomic E-state index is 0.394. The van der Waals surface area contributed by atoms with Crippen LogP contribution in [0.5, 0.6) is 0 Å². The number of hydrogen-bond acceptors (Lipinski definition) is 2. The maximum absolute atomic E-state index is 10.8. The third-order valence-electron chi connectivity index (χ3n) is 2.86. The van der Waals surface area contributed by atoms with Gasteiger partial charge in [0.05, 0.1) is 5.56 Å². The zero-order valence-electron chi connectivity index (χ0n) is 9.73. The van der Waals surface area contributed by atoms with E-state index in [1.807, 2.05) is 6.07 Å². The molecule has 1 aliphatic heterocycles. The monoisotopic (exact) mass is 219 g/mol. The number of fused-ring (bicyclic) bond motifs is 1. The minimum Gasteiger partial charge on any atom is -0.478 e. The summed E-state index contributed by atoms with van der Waals surface area (Å²) in [6.45, 7) is 7.30. The van der Waals surface area contributed by atoms with Crippen LogP contribution in [-0.4, -0.2) is 22.5 Å². The van der Waals surface area contributed by atoms with Crippen LogP contribution in [0.1, 0.15) is 35.3 Å². The Hall–Kier alpha value is -1.35. The number of rotatable bonds is 3. The lowest BCUT2D eigenvalue weighted by molar-refractivity contribution is 0.0696. The normalized spacial score (nSPS) is 15.4. The van der Waals surface area contributed by atoms with Crippen molar-refractivity contribution in [1.29, 1.82) is 0 Å². The van der Waals surface area contributed by atoms with Crippen LogP contribution in [0.25, 0.3) is 0 Å². The van der Waals surface area contributed by atoms with Gasteiger partial charge in [0.1, 0.15) is 0 Å². The highest BCUT2D eigenvalue weighted by Crippen LogP contribution is 2.24. The summed E-state index contributed by atoms with van der Waals surface area (Å²) < 4.78 is 0. The molecule has 0 spiro atoms. The van der Waals surface area contributed by atoms with E-state index in [1.165, 1.54) is 11.1 Å². The lowest BCUT2D eigenvalue weighted by atomic mass is 10.1. The Morgan fingerprint density at radius 3 is 2.69 bits per heavy atom. The van der Waals surface area contributed by atoms with E-state index in [0.717, 1.165) is 19.6 Å². The molecule has 1 aromatic carbocycles. The molecule has 0 unspecified atom stereocenters. The molecule has 0 fully saturated rings. The fraction of sp³-hybridized carbons (Fsp3) is 0.462. The Morgan fingerprint density at radius 2 is 2.06 bits per heavy atom. The second kappa shape index (κ2) is 4.26. The van der Waals surface area contributed by atoms with Crippen molar-refractivity contribution in [3.63, 3.8) is 0 Å². The predicted molar refractivity (Wildman–Crippen MR) is 62.4 cm³/mol. The number of carboxylic acids is 1. The second-order valence-corrected chi connectivity index (χ2v) is 4.85. The largest absolute Gasteiger partial charge is 0.478 e. The number of nitrogens with zero attached hydrogens (tertiary/aromatic N) is 1. The van der Waals surface area contributed by atoms with Gasteiger partial charge in [-0.1, -0.05) is 19.9 Å². The molecule has 0 saturated heterocycles. The lowest BCUT2D eigenvalue weighted by Gasteiger charge is -2.16. The summed E-state index contributed by atoms with van der Waals surface area (Å²) in [5.41, 5.74) is 2.83. The molecule has 0 atom stereocenters. The number of carbonyl (C=O) groups is 1. The fourth-order valence-electron chi connectivity index (χ4n) is 2.24. The van der Waals surface area contributed by atoms with Crippen LogP contribution < -0.4 is 0 Å². The highest BCUT2D eigenvalue weighted by atomic mass is 16.4. The van der Waals surface area contributed by atoms with Gasteiger partial charge >= 0.3 is 5.97 Å². The van der Waals surface area contributed by atoms with Crippen molar-refractivity contribution in [2.24, 2.45) is 5.92 Å². The molecule has 86 valence electrons. The molecular formula is C13H17NO2. The first kappa shape index (κ1) is 11.1. The van der Waals surface area contributed by atoms with E-state index in [-0.39, 0.29) is 0 Å². The third kappa shape index (κ3) is 2.25. The van der Waals surface area contributed by atoms with Gasteiger partial charge in [0, 0.05) is 19.6 Å². The molecule has 0 saturated carbocycles. The van der Waals surface area contributed by atoms with Gasteiger partial charge in [0.15, 0.2) is 0 Å². The maximum Gasteiger partial charge on any atom is 0.335 e. The highest BCUT2D eigenvalue weighted by molar-refractivity contribution is 5.87. The molecule has 1 aliphatic rings. The van der Waals surface area contributed by atoms with E-state index >= 15 is 0 Å². The summed E-state index contributed by atoms with van der Waals surface area (Å²) in [5, 5.41) is 8.91. The van der Waals surface area contributed by atoms with Crippen molar-refractivity contribution in [2.75, 3.05) is 6.54 Å². The average Bonchev–Trinajstić information content (AvgIpc) is 2.56. The molecule has 1 N–H and O–H groups in total. The Kier molecular flexibility index (Phi) is 2.97. The molecule has 1 aromatic rings. The van der Waals surface area contributed by atoms with Gasteiger partial charge in [-0.25, -0.2) is 4.79 Å². The molecule has 1 heterocycles. The van der Waals surface area contributed by atoms with Crippen molar-refractivity contribution in [3.8, 4) is 0 Å². The Balaban J connectivity index is 2.15. The van der Waals surface area contributed by atoms with Crippen LogP contribution in [0.4, 0.5) is 0 Å². The van der Waals surface area contributed by atoms with Gasteiger partial charge in [0.25, 0.3) is 0 Å². The molecule has 0 radical (unpaired) electrons. The summed E-state index contributed by atoms with van der Waals surface area (Å²) in [6.07, 6.45) is 0. The summed E-state index contributed by atoms with van der Waals surface area (Å²) in [4.78, 5) is 13.2. The Morgan fingerprint density at radius 1 is 1.38 bits per heavy atom. The van der Waals surface area contributed by atoms with E-state index < -0.39 is 5.97 Å². The van der Waals surface area contributed by atoms with E-state index in [2.05, 4.69) is 18.7 Å². The number of carboxylic acid groups (broad SMARTS) is 1. The van der Waals surface area contributed by atoms with Crippen molar-refractivity contribution in [1.82, 2.24) is 4.90 Å². The first-order chi connectivity index (χ1) is 7.56. The first-order valence-corrected chi connectivity index (χ1v) is 5.63. The summed E-state index contributed by atoms with van der Waals surface area (Å²) in [7, 11) is 0. The lowest BCUT2D eigenvalue weighted by Crippen LogP contribution is -2.21. The average molecular weight is 219 g/mol. The maximum atomic E-state index is 10.8. The van der Waals surface area contributed by atoms with Gasteiger partial charge in [-0.05, 0) is 29.2 Å². The molecule has 0 aromatic heterocycles. The van der Waals surface area contributed by atoms with Crippen LogP contribution >= 0.6 is 0 Å². The number of aromatic carboxylic acids is 1. The Labute approximate surface area is 95.7 Å². The standard InChI is InChI=1S/C13H17NO2/c1-9(2)6-14-7-11-4-3-10(13(15)16)5-12(11)8-14/h3-5,9H,6-8H2,1-2H3,(H,15,16). The number of hydrogen-bond donors (Lipinski definition) is 1. The molecule has 16 heavy (non-hydrogen) atoms. The molecule has 0 aliphatic carbocycles. The van der Waals surface area contributed by atoms with Gasteiger partial charge in [-0.3, -0.25) is 4.90 Å². The van der Waals surface area contributed by atoms with Crippen molar-refractivity contribution >= 4 is 5.97 Å². The van der Waals surface area contributed by atoms with Crippen molar-refractivity contribution in [3.05, 3.63) is 34.9 Å². The molecular weight excluding hydrogens is 202 g/mol. The fourth-order valence-corrected chi connectivity index (χ4v) is 2.24. The van der Waals surface area contributed by atoms with Crippen LogP contribution in [0.3, 0.4) is 0 Å². The Bertz CT molecular complexity index is 412. The highest BCUT2D eigenvalue weighted by Gasteiger charge is 2.20. The molecule has 2 rings (SSSR count). The zero-order valence-corrected chi connectivity index (χ0v) is 9.73. The van der Waals surface area contributed by atoms with Gasteiger partial charge in [-0.15, -0.1) is 0 Å². The molecule has 3 heteroatoms. The van der Waals surface area contributed by atoms with E-state index in [4.69, 9.17) is 5.11 Å². The molecule has 0 amide bonds. The van der Waals surface area contributed by atoms with Crippen molar-refractivity contribution in [2.45, 2.75) is 26.9 Å². The van der Waals surface area contributed by atoms with E-state index in [1.54, 1.807) is 12.1 Å². The van der Waals surface area contributed by atoms with Crippen LogP contribution in [0, 0.1) is 5.92 Å². The van der Waals surface area contributed by atoms with Crippen molar-refractivity contribution < 1.29 is 9.90 Å². The molecule has 0 bridgehead atoms. The predicted octanol–water partition coefficient (Wildman–Crippen LogP) is 2.36. The zero-order chi connectivity index (χ0) is 11.7. The SMILES string of the molecule is CC(C)CN1Cc2ccc(C(=O)O)cc2C1. The third-order valence-corrected chi connectivity index (χ3v) is 2.86. The second-order valence-electron chi connectivity index (χ2n) is 4.85. The van der Waals surface area contributed by atoms with Gasteiger partial charge in [-0.2, -0.15) is 0 Å². The van der Waals surface area contributed by atoms with E-state index in [0.29, 0.717) is 11.5 Å². The van der Waals surface area contributed by atoms with Gasteiger partial charge in [0.2, 0.25) is 0 Å².